The van der Waals surface area contributed by atoms with Crippen LogP contribution >= 0.6 is 0 Å². The van der Waals surface area contributed by atoms with E-state index in [1.807, 2.05) is 0 Å². The lowest BCUT2D eigenvalue weighted by Gasteiger charge is -2.61. The van der Waals surface area contributed by atoms with Gasteiger partial charge < -0.3 is 19.7 Å². The number of aliphatic hydroxyl groups excluding tert-OH is 2. The first-order valence-corrected chi connectivity index (χ1v) is 13.3. The standard InChI is InChI=1S/C27H42O5/c1-14-7-8-27(31-13-14)15(2)24-22(32-27)10-19-17-6-5-16-9-20(28)21(29)12-25(16,3)18(17)11-23(30)26(19,24)4/h14-22,24,28-29H,5-13H2,1-4H3/t14-,15-,16-,17+,18-,19-,20+,21+,22+,24-,25-,26+,27+/m0/s1. The molecule has 2 heterocycles. The third-order valence-corrected chi connectivity index (χ3v) is 11.8. The number of carbonyl (C=O) groups is 1. The molecule has 0 radical (unpaired) electrons. The number of Topliss-reactive ketones (excluding diaryl/α,β-unsaturated/α-hetero) is 1. The summed E-state index contributed by atoms with van der Waals surface area (Å²) in [6.07, 6.45) is 6.12. The van der Waals surface area contributed by atoms with Crippen molar-refractivity contribution in [1.82, 2.24) is 0 Å². The lowest BCUT2D eigenvalue weighted by Crippen LogP contribution is -2.59. The Morgan fingerprint density at radius 1 is 1.00 bits per heavy atom. The Morgan fingerprint density at radius 2 is 1.78 bits per heavy atom. The third-order valence-electron chi connectivity index (χ3n) is 11.8. The monoisotopic (exact) mass is 446 g/mol. The summed E-state index contributed by atoms with van der Waals surface area (Å²) >= 11 is 0. The first-order chi connectivity index (χ1) is 15.1. The number of ketones is 1. The van der Waals surface area contributed by atoms with E-state index in [2.05, 4.69) is 27.7 Å². The van der Waals surface area contributed by atoms with Gasteiger partial charge in [0.1, 0.15) is 5.78 Å². The summed E-state index contributed by atoms with van der Waals surface area (Å²) in [6, 6.07) is 0. The van der Waals surface area contributed by atoms with Crippen LogP contribution in [-0.4, -0.2) is 46.7 Å². The average Bonchev–Trinajstić information content (AvgIpc) is 3.19. The van der Waals surface area contributed by atoms with Crippen LogP contribution in [0.5, 0.6) is 0 Å². The second-order valence-electron chi connectivity index (χ2n) is 13.1. The van der Waals surface area contributed by atoms with E-state index >= 15 is 0 Å². The number of rotatable bonds is 0. The first-order valence-electron chi connectivity index (χ1n) is 13.3. The van der Waals surface area contributed by atoms with Crippen molar-refractivity contribution in [2.24, 2.45) is 52.3 Å². The highest BCUT2D eigenvalue weighted by atomic mass is 16.7. The number of carbonyl (C=O) groups excluding carboxylic acids is 1. The molecule has 2 saturated heterocycles. The van der Waals surface area contributed by atoms with Gasteiger partial charge in [-0.05, 0) is 73.5 Å². The van der Waals surface area contributed by atoms with Crippen molar-refractivity contribution >= 4 is 5.78 Å². The Kier molecular flexibility index (Phi) is 4.83. The van der Waals surface area contributed by atoms with E-state index < -0.39 is 18.0 Å². The van der Waals surface area contributed by atoms with Crippen LogP contribution in [0, 0.1) is 52.3 Å². The van der Waals surface area contributed by atoms with Crippen molar-refractivity contribution in [3.05, 3.63) is 0 Å². The molecular weight excluding hydrogens is 404 g/mol. The highest BCUT2D eigenvalue weighted by Crippen LogP contribution is 2.70. The molecule has 2 aliphatic heterocycles. The van der Waals surface area contributed by atoms with Gasteiger partial charge in [0.25, 0.3) is 0 Å². The Morgan fingerprint density at radius 3 is 2.50 bits per heavy atom. The molecule has 32 heavy (non-hydrogen) atoms. The van der Waals surface area contributed by atoms with E-state index in [1.54, 1.807) is 0 Å². The molecule has 13 atom stereocenters. The molecule has 0 aromatic carbocycles. The lowest BCUT2D eigenvalue weighted by molar-refractivity contribution is -0.272. The largest absolute Gasteiger partial charge is 0.390 e. The predicted octanol–water partition coefficient (Wildman–Crippen LogP) is 3.94. The second-order valence-corrected chi connectivity index (χ2v) is 13.1. The molecule has 0 amide bonds. The number of hydrogen-bond acceptors (Lipinski definition) is 5. The summed E-state index contributed by atoms with van der Waals surface area (Å²) in [5.74, 6) is 2.64. The van der Waals surface area contributed by atoms with Gasteiger partial charge in [0.15, 0.2) is 5.79 Å². The molecule has 6 fully saturated rings. The van der Waals surface area contributed by atoms with Crippen molar-refractivity contribution in [2.45, 2.75) is 103 Å². The number of ether oxygens (including phenoxy) is 2. The van der Waals surface area contributed by atoms with Gasteiger partial charge in [-0.3, -0.25) is 4.79 Å². The first kappa shape index (κ1) is 22.0. The highest BCUT2D eigenvalue weighted by molar-refractivity contribution is 5.87. The van der Waals surface area contributed by atoms with Gasteiger partial charge >= 0.3 is 0 Å². The Hall–Kier alpha value is -0.490. The minimum Gasteiger partial charge on any atom is -0.390 e. The van der Waals surface area contributed by atoms with Crippen molar-refractivity contribution in [3.63, 3.8) is 0 Å². The molecule has 180 valence electrons. The fourth-order valence-electron chi connectivity index (χ4n) is 9.97. The quantitative estimate of drug-likeness (QED) is 0.589. The van der Waals surface area contributed by atoms with Crippen LogP contribution in [0.3, 0.4) is 0 Å². The van der Waals surface area contributed by atoms with Crippen LogP contribution in [0.15, 0.2) is 0 Å². The zero-order chi connectivity index (χ0) is 22.6. The Balaban J connectivity index is 1.30. The van der Waals surface area contributed by atoms with Crippen molar-refractivity contribution < 1.29 is 24.5 Å². The smallest absolute Gasteiger partial charge is 0.171 e. The Labute approximate surface area is 192 Å². The van der Waals surface area contributed by atoms with Crippen LogP contribution in [0.1, 0.15) is 79.1 Å². The van der Waals surface area contributed by atoms with Crippen molar-refractivity contribution in [1.29, 1.82) is 0 Å². The zero-order valence-electron chi connectivity index (χ0n) is 20.3. The van der Waals surface area contributed by atoms with Crippen LogP contribution in [0.4, 0.5) is 0 Å². The minimum absolute atomic E-state index is 0.0490. The van der Waals surface area contributed by atoms with E-state index in [-0.39, 0.29) is 28.8 Å². The second kappa shape index (κ2) is 7.02. The van der Waals surface area contributed by atoms with Crippen LogP contribution < -0.4 is 0 Å². The number of hydrogen-bond donors (Lipinski definition) is 2. The van der Waals surface area contributed by atoms with Gasteiger partial charge in [-0.1, -0.05) is 27.7 Å². The normalized spacial score (nSPS) is 61.8. The minimum atomic E-state index is -0.657. The lowest BCUT2D eigenvalue weighted by atomic mass is 9.43. The van der Waals surface area contributed by atoms with Gasteiger partial charge in [-0.25, -0.2) is 0 Å². The molecule has 0 unspecified atom stereocenters. The van der Waals surface area contributed by atoms with Crippen LogP contribution in [0.25, 0.3) is 0 Å². The summed E-state index contributed by atoms with van der Waals surface area (Å²) in [4.78, 5) is 14.0. The van der Waals surface area contributed by atoms with Crippen molar-refractivity contribution in [2.75, 3.05) is 6.61 Å². The molecule has 6 rings (SSSR count). The third kappa shape index (κ3) is 2.69. The van der Waals surface area contributed by atoms with E-state index in [1.165, 1.54) is 0 Å². The topological polar surface area (TPSA) is 76.0 Å². The molecule has 4 aliphatic carbocycles. The van der Waals surface area contributed by atoms with E-state index in [4.69, 9.17) is 9.47 Å². The maximum atomic E-state index is 14.0. The van der Waals surface area contributed by atoms with Gasteiger partial charge in [0, 0.05) is 30.1 Å². The highest BCUT2D eigenvalue weighted by Gasteiger charge is 2.71. The molecule has 1 spiro atoms. The summed E-state index contributed by atoms with van der Waals surface area (Å²) in [5.41, 5.74) is -0.371. The number of aliphatic hydroxyl groups is 2. The maximum Gasteiger partial charge on any atom is 0.171 e. The summed E-state index contributed by atoms with van der Waals surface area (Å²) in [7, 11) is 0. The fourth-order valence-corrected chi connectivity index (χ4v) is 9.97. The van der Waals surface area contributed by atoms with Gasteiger partial charge in [-0.15, -0.1) is 0 Å². The molecular formula is C27H42O5. The van der Waals surface area contributed by atoms with E-state index in [0.29, 0.717) is 54.6 Å². The number of fused-ring (bicyclic) bond motifs is 7. The van der Waals surface area contributed by atoms with Crippen LogP contribution in [-0.2, 0) is 14.3 Å². The SMILES string of the molecule is C[C@H]1CC[C@@]2(OC1)O[C@@H]1C[C@H]3[C@@H]4CC[C@H]5C[C@@H](O)[C@H](O)C[C@]5(C)[C@H]4CC(=O)[C@]3(C)[C@H]1[C@@H]2C. The molecule has 0 aromatic heterocycles. The fraction of sp³-hybridized carbons (Fsp3) is 0.963. The predicted molar refractivity (Wildman–Crippen MR) is 120 cm³/mol. The van der Waals surface area contributed by atoms with E-state index in [0.717, 1.165) is 38.7 Å². The van der Waals surface area contributed by atoms with Gasteiger partial charge in [-0.2, -0.15) is 0 Å². The molecule has 0 bridgehead atoms. The van der Waals surface area contributed by atoms with Gasteiger partial charge in [0.2, 0.25) is 0 Å². The summed E-state index contributed by atoms with van der Waals surface area (Å²) < 4.78 is 13.2. The molecule has 6 aliphatic rings. The maximum absolute atomic E-state index is 14.0. The summed E-state index contributed by atoms with van der Waals surface area (Å²) in [5, 5.41) is 20.8. The molecule has 5 nitrogen and oxygen atoms in total. The van der Waals surface area contributed by atoms with E-state index in [9.17, 15) is 15.0 Å². The molecule has 4 saturated carbocycles. The zero-order valence-corrected chi connectivity index (χ0v) is 20.3. The molecule has 2 N–H and O–H groups in total. The molecule has 5 heteroatoms. The van der Waals surface area contributed by atoms with Gasteiger partial charge in [0.05, 0.1) is 24.9 Å². The van der Waals surface area contributed by atoms with Crippen LogP contribution in [0.2, 0.25) is 0 Å². The van der Waals surface area contributed by atoms with Crippen molar-refractivity contribution in [3.8, 4) is 0 Å². The average molecular weight is 447 g/mol. The molecule has 0 aromatic rings. The summed E-state index contributed by atoms with van der Waals surface area (Å²) in [6.45, 7) is 9.86. The Bertz CT molecular complexity index is 789.